The molecule has 0 aromatic heterocycles. The second kappa shape index (κ2) is 6.84. The van der Waals surface area contributed by atoms with Gasteiger partial charge < -0.3 is 19.1 Å². The Morgan fingerprint density at radius 3 is 2.68 bits per heavy atom. The van der Waals surface area contributed by atoms with E-state index in [0.717, 1.165) is 23.7 Å². The van der Waals surface area contributed by atoms with Crippen LogP contribution in [0.5, 0.6) is 11.5 Å². The molecule has 1 amide bonds. The molecule has 0 saturated carbocycles. The van der Waals surface area contributed by atoms with Crippen molar-refractivity contribution in [2.45, 2.75) is 19.4 Å². The number of nitro groups is 1. The Kier molecular flexibility index (Phi) is 4.34. The van der Waals surface area contributed by atoms with E-state index in [1.807, 2.05) is 24.3 Å². The average Bonchev–Trinajstić information content (AvgIpc) is 3.32. The van der Waals surface area contributed by atoms with Crippen LogP contribution in [0.4, 0.5) is 11.4 Å². The molecular weight excluding hydrogens is 368 g/mol. The van der Waals surface area contributed by atoms with E-state index in [2.05, 4.69) is 0 Å². The number of anilines is 1. The van der Waals surface area contributed by atoms with Gasteiger partial charge in [0.2, 0.25) is 6.79 Å². The molecule has 0 N–H and O–H groups in total. The highest BCUT2D eigenvalue weighted by Crippen LogP contribution is 2.38. The first-order valence-corrected chi connectivity index (χ1v) is 8.64. The van der Waals surface area contributed by atoms with Crippen LogP contribution in [0.15, 0.2) is 36.4 Å². The van der Waals surface area contributed by atoms with Crippen LogP contribution in [-0.2, 0) is 16.0 Å². The Labute approximate surface area is 159 Å². The molecule has 1 atom stereocenters. The normalized spacial score (nSPS) is 15.1. The fraction of sp³-hybridized carbons (Fsp3) is 0.263. The molecule has 0 radical (unpaired) electrons. The monoisotopic (exact) mass is 384 g/mol. The molecule has 2 aliphatic heterocycles. The first kappa shape index (κ1) is 17.8. The summed E-state index contributed by atoms with van der Waals surface area (Å²) >= 11 is 0. The summed E-state index contributed by atoms with van der Waals surface area (Å²) in [5, 5.41) is 11.3. The first-order chi connectivity index (χ1) is 13.5. The molecule has 0 spiro atoms. The number of para-hydroxylation sites is 1. The number of esters is 1. The highest BCUT2D eigenvalue weighted by Gasteiger charge is 2.33. The third kappa shape index (κ3) is 3.00. The Morgan fingerprint density at radius 1 is 1.21 bits per heavy atom. The molecule has 2 heterocycles. The number of hydrogen-bond acceptors (Lipinski definition) is 7. The van der Waals surface area contributed by atoms with Crippen molar-refractivity contribution in [2.24, 2.45) is 0 Å². The fourth-order valence-electron chi connectivity index (χ4n) is 3.31. The van der Waals surface area contributed by atoms with Gasteiger partial charge in [-0.05, 0) is 25.0 Å². The lowest BCUT2D eigenvalue weighted by Gasteiger charge is -2.21. The van der Waals surface area contributed by atoms with Gasteiger partial charge in [-0.25, -0.2) is 4.79 Å². The number of hydrogen-bond donors (Lipinski definition) is 0. The van der Waals surface area contributed by atoms with Crippen LogP contribution in [-0.4, -0.2) is 36.2 Å². The van der Waals surface area contributed by atoms with Crippen LogP contribution in [0.3, 0.4) is 0 Å². The summed E-state index contributed by atoms with van der Waals surface area (Å²) in [5.41, 5.74) is 1.06. The molecule has 28 heavy (non-hydrogen) atoms. The maximum absolute atomic E-state index is 12.8. The summed E-state index contributed by atoms with van der Waals surface area (Å²) in [6, 6.07) is 9.81. The molecule has 9 heteroatoms. The predicted molar refractivity (Wildman–Crippen MR) is 96.6 cm³/mol. The molecule has 4 rings (SSSR count). The Hall–Kier alpha value is -3.62. The zero-order valence-electron chi connectivity index (χ0n) is 14.9. The van der Waals surface area contributed by atoms with Crippen LogP contribution in [0, 0.1) is 10.1 Å². The van der Waals surface area contributed by atoms with Gasteiger partial charge in [0.05, 0.1) is 11.0 Å². The predicted octanol–water partition coefficient (Wildman–Crippen LogP) is 2.46. The lowest BCUT2D eigenvalue weighted by molar-refractivity contribution is -0.385. The van der Waals surface area contributed by atoms with Crippen LogP contribution in [0.25, 0.3) is 0 Å². The van der Waals surface area contributed by atoms with Crippen molar-refractivity contribution < 1.29 is 28.7 Å². The Balaban J connectivity index is 1.54. The summed E-state index contributed by atoms with van der Waals surface area (Å²) in [7, 11) is 0. The van der Waals surface area contributed by atoms with Crippen molar-refractivity contribution in [2.75, 3.05) is 18.2 Å². The van der Waals surface area contributed by atoms with E-state index >= 15 is 0 Å². The molecule has 2 aliphatic rings. The molecule has 9 nitrogen and oxygen atoms in total. The number of benzene rings is 2. The van der Waals surface area contributed by atoms with Gasteiger partial charge in [0.25, 0.3) is 11.6 Å². The summed E-state index contributed by atoms with van der Waals surface area (Å²) in [5.74, 6) is -0.967. The zero-order valence-corrected chi connectivity index (χ0v) is 14.9. The van der Waals surface area contributed by atoms with Crippen LogP contribution in [0.1, 0.15) is 22.8 Å². The smallest absolute Gasteiger partial charge is 0.346 e. The molecule has 0 unspecified atom stereocenters. The second-order valence-corrected chi connectivity index (χ2v) is 6.40. The van der Waals surface area contributed by atoms with E-state index in [-0.39, 0.29) is 29.8 Å². The molecule has 0 aliphatic carbocycles. The summed E-state index contributed by atoms with van der Waals surface area (Å²) in [6.07, 6.45) is -0.389. The SMILES string of the molecule is C[C@H](OC(=O)c1cc2c(cc1[N+](=O)[O-])OCO2)C(=O)N1CCc2ccccc21. The third-order valence-electron chi connectivity index (χ3n) is 4.69. The van der Waals surface area contributed by atoms with E-state index in [1.54, 1.807) is 4.90 Å². The number of amides is 1. The van der Waals surface area contributed by atoms with Gasteiger partial charge in [-0.15, -0.1) is 0 Å². The second-order valence-electron chi connectivity index (χ2n) is 6.40. The number of carbonyl (C=O) groups excluding carboxylic acids is 2. The van der Waals surface area contributed by atoms with Crippen molar-refractivity contribution in [3.8, 4) is 11.5 Å². The highest BCUT2D eigenvalue weighted by atomic mass is 16.7. The van der Waals surface area contributed by atoms with Crippen molar-refractivity contribution in [1.82, 2.24) is 0 Å². The maximum atomic E-state index is 12.8. The number of rotatable bonds is 4. The lowest BCUT2D eigenvalue weighted by Crippen LogP contribution is -2.39. The topological polar surface area (TPSA) is 108 Å². The van der Waals surface area contributed by atoms with E-state index in [0.29, 0.717) is 6.54 Å². The molecule has 2 aromatic rings. The van der Waals surface area contributed by atoms with Gasteiger partial charge in [-0.3, -0.25) is 14.9 Å². The van der Waals surface area contributed by atoms with Crippen LogP contribution < -0.4 is 14.4 Å². The van der Waals surface area contributed by atoms with Crippen molar-refractivity contribution in [3.63, 3.8) is 0 Å². The number of fused-ring (bicyclic) bond motifs is 2. The minimum atomic E-state index is -1.11. The average molecular weight is 384 g/mol. The van der Waals surface area contributed by atoms with Gasteiger partial charge in [0, 0.05) is 18.3 Å². The quantitative estimate of drug-likeness (QED) is 0.452. The minimum Gasteiger partial charge on any atom is -0.454 e. The van der Waals surface area contributed by atoms with Gasteiger partial charge >= 0.3 is 5.97 Å². The van der Waals surface area contributed by atoms with Gasteiger partial charge in [-0.1, -0.05) is 18.2 Å². The standard InChI is InChI=1S/C19H16N2O7/c1-11(18(22)20-7-6-12-4-2-3-5-14(12)20)28-19(23)13-8-16-17(27-10-26-16)9-15(13)21(24)25/h2-5,8-9,11H,6-7,10H2,1H3/t11-/m0/s1. The minimum absolute atomic E-state index is 0.0890. The van der Waals surface area contributed by atoms with Gasteiger partial charge in [0.15, 0.2) is 17.6 Å². The summed E-state index contributed by atoms with van der Waals surface area (Å²) in [6.45, 7) is 1.85. The summed E-state index contributed by atoms with van der Waals surface area (Å²) in [4.78, 5) is 37.5. The van der Waals surface area contributed by atoms with Gasteiger partial charge in [-0.2, -0.15) is 0 Å². The van der Waals surface area contributed by atoms with E-state index in [9.17, 15) is 19.7 Å². The first-order valence-electron chi connectivity index (χ1n) is 8.64. The fourth-order valence-corrected chi connectivity index (χ4v) is 3.31. The summed E-state index contributed by atoms with van der Waals surface area (Å²) < 4.78 is 15.5. The van der Waals surface area contributed by atoms with Crippen molar-refractivity contribution >= 4 is 23.3 Å². The number of nitro benzene ring substituents is 1. The highest BCUT2D eigenvalue weighted by molar-refractivity contribution is 6.01. The van der Waals surface area contributed by atoms with Crippen LogP contribution in [0.2, 0.25) is 0 Å². The molecule has 2 aromatic carbocycles. The number of nitrogens with zero attached hydrogens (tertiary/aromatic N) is 2. The largest absolute Gasteiger partial charge is 0.454 e. The Morgan fingerprint density at radius 2 is 1.93 bits per heavy atom. The lowest BCUT2D eigenvalue weighted by atomic mass is 10.1. The zero-order chi connectivity index (χ0) is 19.8. The van der Waals surface area contributed by atoms with Crippen molar-refractivity contribution in [3.05, 3.63) is 57.6 Å². The molecule has 0 fully saturated rings. The van der Waals surface area contributed by atoms with Crippen LogP contribution >= 0.6 is 0 Å². The molecule has 144 valence electrons. The van der Waals surface area contributed by atoms with Gasteiger partial charge in [0.1, 0.15) is 5.56 Å². The van der Waals surface area contributed by atoms with Crippen molar-refractivity contribution in [1.29, 1.82) is 0 Å². The van der Waals surface area contributed by atoms with E-state index in [4.69, 9.17) is 14.2 Å². The third-order valence-corrected chi connectivity index (χ3v) is 4.69. The van der Waals surface area contributed by atoms with E-state index < -0.39 is 22.7 Å². The molecular formula is C19H16N2O7. The maximum Gasteiger partial charge on any atom is 0.346 e. The number of ether oxygens (including phenoxy) is 3. The number of carbonyl (C=O) groups is 2. The molecule has 0 bridgehead atoms. The van der Waals surface area contributed by atoms with E-state index in [1.165, 1.54) is 13.0 Å². The Bertz CT molecular complexity index is 988. The molecule has 0 saturated heterocycles.